The predicted molar refractivity (Wildman–Crippen MR) is 445 cm³/mol. The fourth-order valence-corrected chi connectivity index (χ4v) is 11.3. The van der Waals surface area contributed by atoms with Gasteiger partial charge in [0.1, 0.15) is 16.7 Å². The fourth-order valence-electron chi connectivity index (χ4n) is 11.3. The van der Waals surface area contributed by atoms with Crippen LogP contribution in [0.15, 0.2) is 295 Å². The Morgan fingerprint density at radius 2 is 0.675 bits per heavy atom. The van der Waals surface area contributed by atoms with Gasteiger partial charge < -0.3 is 48.5 Å². The summed E-state index contributed by atoms with van der Waals surface area (Å²) in [5.41, 5.74) is 17.9. The molecule has 8 heterocycles. The minimum Gasteiger partial charge on any atom is -0.741 e. The van der Waals surface area contributed by atoms with Crippen LogP contribution in [0.1, 0.15) is 101 Å². The number of furan rings is 2. The predicted octanol–water partition coefficient (Wildman–Crippen LogP) is 23.1. The maximum Gasteiger partial charge on any atom is 3.00 e. The number of halogens is 3. The summed E-state index contributed by atoms with van der Waals surface area (Å²) in [6, 6.07) is 99.3. The molecule has 0 saturated heterocycles. The van der Waals surface area contributed by atoms with Crippen molar-refractivity contribution in [2.24, 2.45) is 0 Å². The molecule has 0 aliphatic rings. The number of hydrogen-bond acceptors (Lipinski definition) is 13. The maximum atomic E-state index is 10.7. The monoisotopic (exact) mass is 1900 g/mol. The van der Waals surface area contributed by atoms with Crippen LogP contribution < -0.4 is 0 Å². The van der Waals surface area contributed by atoms with Crippen molar-refractivity contribution in [2.75, 3.05) is 14.2 Å². The number of aryl methyl sites for hydroxylation is 4. The molecule has 16 rings (SSSR count). The van der Waals surface area contributed by atoms with Gasteiger partial charge in [-0.05, 0) is 132 Å². The van der Waals surface area contributed by atoms with Crippen LogP contribution in [0, 0.1) is 30.3 Å². The van der Waals surface area contributed by atoms with Crippen LogP contribution in [-0.2, 0) is 76.0 Å². The fraction of sp³-hybridized carbons (Fsp3) is 0.179. The third-order valence-corrected chi connectivity index (χ3v) is 17.9. The number of hydrogen-bond donors (Lipinski definition) is 2. The van der Waals surface area contributed by atoms with Gasteiger partial charge in [-0.2, -0.15) is 13.2 Å². The minimum absolute atomic E-state index is 0. The summed E-state index contributed by atoms with van der Waals surface area (Å²) in [5, 5.41) is 18.5. The molecule has 0 atom stereocenters. The van der Waals surface area contributed by atoms with Crippen LogP contribution in [0.5, 0.6) is 0 Å². The topological polar surface area (TPSA) is 201 Å². The first kappa shape index (κ1) is 92.1. The van der Waals surface area contributed by atoms with Gasteiger partial charge in [-0.3, -0.25) is 4.98 Å². The van der Waals surface area contributed by atoms with E-state index in [1.807, 2.05) is 201 Å². The Labute approximate surface area is 694 Å². The Morgan fingerprint density at radius 3 is 1.02 bits per heavy atom. The number of pyridine rings is 6. The molecule has 13 nitrogen and oxygen atoms in total. The number of alkyl halides is 3. The van der Waals surface area contributed by atoms with E-state index in [0.29, 0.717) is 11.8 Å². The van der Waals surface area contributed by atoms with E-state index in [-0.39, 0.29) is 40.2 Å². The normalized spacial score (nSPS) is 10.5. The van der Waals surface area contributed by atoms with Crippen LogP contribution in [-0.4, -0.2) is 72.8 Å². The van der Waals surface area contributed by atoms with Gasteiger partial charge >= 0.3 is 45.7 Å². The summed E-state index contributed by atoms with van der Waals surface area (Å²) in [6.07, 6.45) is 15.3. The molecule has 0 saturated carbocycles. The van der Waals surface area contributed by atoms with E-state index < -0.39 is 15.6 Å². The van der Waals surface area contributed by atoms with Gasteiger partial charge in [0.25, 0.3) is 0 Å². The van der Waals surface area contributed by atoms with E-state index in [9.17, 15) is 13.2 Å². The quantitative estimate of drug-likeness (QED) is 0.0665. The van der Waals surface area contributed by atoms with Crippen molar-refractivity contribution in [1.82, 2.24) is 29.9 Å². The Balaban J connectivity index is 0.000000209. The van der Waals surface area contributed by atoms with E-state index in [2.05, 4.69) is 201 Å². The summed E-state index contributed by atoms with van der Waals surface area (Å²) in [5.74, 6) is 0.952. The zero-order valence-corrected chi connectivity index (χ0v) is 70.6. The molecule has 0 bridgehead atoms. The van der Waals surface area contributed by atoms with Gasteiger partial charge in [-0.1, -0.05) is 173 Å². The van der Waals surface area contributed by atoms with E-state index in [1.54, 1.807) is 0 Å². The van der Waals surface area contributed by atoms with E-state index in [1.165, 1.54) is 33.4 Å². The number of aromatic nitrogens is 6. The largest absolute Gasteiger partial charge is 3.00 e. The number of benzene rings is 8. The van der Waals surface area contributed by atoms with Crippen LogP contribution in [0.2, 0.25) is 0 Å². The van der Waals surface area contributed by atoms with Crippen molar-refractivity contribution >= 4 is 54.0 Å². The molecule has 0 amide bonds. The number of aliphatic hydroxyl groups is 2. The van der Waals surface area contributed by atoms with Gasteiger partial charge in [0.2, 0.25) is 0 Å². The van der Waals surface area contributed by atoms with E-state index in [0.717, 1.165) is 151 Å². The van der Waals surface area contributed by atoms with Crippen molar-refractivity contribution in [2.45, 2.75) is 98.4 Å². The molecule has 0 aliphatic heterocycles. The summed E-state index contributed by atoms with van der Waals surface area (Å²) in [4.78, 5) is 26.4. The molecule has 16 aromatic rings. The minimum atomic E-state index is -6.09. The SMILES string of the molecule is CC(C)c1ccnc(-c2[c-]ccc3c2oc2ccccc23)c1.CC(C)c1ccnc(-c2cccc3c2oc2ccccc23)c1.CCc1ccnc(-c2[c-]cccc2)c1.CCc1ccnc(-c2[c-]cccc2)c1.CCc1ccnc(-c2[c-]cccc2)c1.CCc1ccnc(-c2[c-]cccc2)c1.CO.CO.O=S(=O)([O-])C(F)(F)F.[Ir+3].[Ir+3]. The average molecular weight is 1900 g/mol. The molecule has 0 aliphatic carbocycles. The number of rotatable bonds is 12. The summed E-state index contributed by atoms with van der Waals surface area (Å²) in [6.45, 7) is 17.3. The van der Waals surface area contributed by atoms with Crippen LogP contribution in [0.3, 0.4) is 0 Å². The standard InChI is InChI=1S/C20H17NO.C20H16NO.4C13H12N.CHF3O3S.2CH4O.2Ir/c2*1-13(2)14-10-11-21-18(12-14)17-8-5-7-16-15-6-3-4-9-19(15)22-20(16)17;4*1-2-11-8-9-14-13(10-11)12-6-4-3-5-7-12;2-1(3,4)8(5,6)7;2*1-2;;/h3-13H,1-2H3;3-7,9-13H,1-2H3;4*3-6,8-10H,2H2,1H3;(H,5,6,7);2*2H,1H3;;/q;5*-1;;;;2*+3/p-1. The molecule has 19 heteroatoms. The van der Waals surface area contributed by atoms with E-state index >= 15 is 0 Å². The Hall–Kier alpha value is -10.8. The smallest absolute Gasteiger partial charge is 0.741 e. The molecule has 114 heavy (non-hydrogen) atoms. The number of nitrogens with zero attached hydrogens (tertiary/aromatic N) is 6. The van der Waals surface area contributed by atoms with Gasteiger partial charge in [0.05, 0.1) is 11.3 Å². The second-order valence-electron chi connectivity index (χ2n) is 25.3. The van der Waals surface area contributed by atoms with Crippen molar-refractivity contribution < 1.29 is 85.4 Å². The molecule has 2 N–H and O–H groups in total. The zero-order valence-electron chi connectivity index (χ0n) is 64.9. The van der Waals surface area contributed by atoms with Gasteiger partial charge in [-0.25, -0.2) is 8.42 Å². The molecule has 586 valence electrons. The van der Waals surface area contributed by atoms with Crippen LogP contribution in [0.4, 0.5) is 13.2 Å². The Morgan fingerprint density at radius 1 is 0.368 bits per heavy atom. The molecule has 0 unspecified atom stereocenters. The molecule has 0 fully saturated rings. The zero-order chi connectivity index (χ0) is 80.4. The number of para-hydroxylation sites is 3. The first-order valence-corrected chi connectivity index (χ1v) is 38.0. The van der Waals surface area contributed by atoms with Crippen molar-refractivity contribution in [3.05, 3.63) is 350 Å². The summed E-state index contributed by atoms with van der Waals surface area (Å²) >= 11 is 0. The second kappa shape index (κ2) is 47.0. The number of aliphatic hydroxyl groups excluding tert-OH is 2. The Bertz CT molecular complexity index is 5150. The van der Waals surface area contributed by atoms with E-state index in [4.69, 9.17) is 32.0 Å². The molecule has 8 aromatic heterocycles. The van der Waals surface area contributed by atoms with Crippen LogP contribution >= 0.6 is 0 Å². The molecule has 0 radical (unpaired) electrons. The molecule has 0 spiro atoms. The average Bonchev–Trinajstić information content (AvgIpc) is 1.62. The summed E-state index contributed by atoms with van der Waals surface area (Å²) in [7, 11) is -4.09. The third-order valence-electron chi connectivity index (χ3n) is 17.3. The molecular weight excluding hydrogens is 1810 g/mol. The maximum absolute atomic E-state index is 10.7. The van der Waals surface area contributed by atoms with Gasteiger partial charge in [0.15, 0.2) is 10.1 Å². The first-order valence-electron chi connectivity index (χ1n) is 36.6. The summed E-state index contributed by atoms with van der Waals surface area (Å²) < 4.78 is 71.1. The molecular formula is C95H89F3Ir2N6O7S. The van der Waals surface area contributed by atoms with Crippen LogP contribution in [0.25, 0.3) is 111 Å². The molecule has 8 aromatic carbocycles. The first-order chi connectivity index (χ1) is 54.3. The van der Waals surface area contributed by atoms with Crippen molar-refractivity contribution in [1.29, 1.82) is 0 Å². The third kappa shape index (κ3) is 26.4. The van der Waals surface area contributed by atoms with Crippen molar-refractivity contribution in [3.8, 4) is 67.5 Å². The number of fused-ring (bicyclic) bond motifs is 6. The van der Waals surface area contributed by atoms with Gasteiger partial charge in [-0.15, -0.1) is 162 Å². The Kier molecular flexibility index (Phi) is 38.0. The van der Waals surface area contributed by atoms with Crippen molar-refractivity contribution in [3.63, 3.8) is 0 Å². The van der Waals surface area contributed by atoms with Gasteiger partial charge in [0, 0.05) is 73.1 Å². The second-order valence-corrected chi connectivity index (χ2v) is 26.7.